The average Bonchev–Trinajstić information content (AvgIpc) is 3.19. The number of aromatic nitrogens is 1. The highest BCUT2D eigenvalue weighted by atomic mass is 32.1. The zero-order chi connectivity index (χ0) is 17.6. The van der Waals surface area contributed by atoms with Crippen molar-refractivity contribution in [2.24, 2.45) is 5.73 Å². The summed E-state index contributed by atoms with van der Waals surface area (Å²) in [6.45, 7) is 3.17. The highest BCUT2D eigenvalue weighted by molar-refractivity contribution is 7.15. The molecule has 4 N–H and O–H groups in total. The number of fused-ring (bicyclic) bond motifs is 1. The van der Waals surface area contributed by atoms with E-state index in [-0.39, 0.29) is 30.4 Å². The second kappa shape index (κ2) is 6.36. The lowest BCUT2D eigenvalue weighted by Crippen LogP contribution is -2.48. The van der Waals surface area contributed by atoms with Crippen molar-refractivity contribution >= 4 is 23.1 Å². The number of ether oxygens (including phenoxy) is 1. The van der Waals surface area contributed by atoms with E-state index in [1.54, 1.807) is 0 Å². The standard InChI is InChI=1S/C17H19FN4O2S/c1-8-2-3-12(25-8)15-13-9(6-20-17(13)23)14(18)16(22-15)21-11-4-5-24-7-10(11)19/h2-3,10-11H,4-7,19H2,1H3,(H,20,23)(H,21,22)/t10-,11+/m0/s1. The van der Waals surface area contributed by atoms with Crippen molar-refractivity contribution in [3.63, 3.8) is 0 Å². The Morgan fingerprint density at radius 1 is 1.48 bits per heavy atom. The first-order valence-corrected chi connectivity index (χ1v) is 9.03. The number of rotatable bonds is 3. The third-order valence-corrected chi connectivity index (χ3v) is 5.59. The smallest absolute Gasteiger partial charge is 0.254 e. The fraction of sp³-hybridized carbons (Fsp3) is 0.412. The lowest BCUT2D eigenvalue weighted by Gasteiger charge is -2.30. The highest BCUT2D eigenvalue weighted by Crippen LogP contribution is 2.36. The van der Waals surface area contributed by atoms with Crippen molar-refractivity contribution < 1.29 is 13.9 Å². The molecule has 0 spiro atoms. The van der Waals surface area contributed by atoms with E-state index >= 15 is 0 Å². The normalized spacial score (nSPS) is 22.6. The molecule has 0 bridgehead atoms. The van der Waals surface area contributed by atoms with Gasteiger partial charge in [0.2, 0.25) is 0 Å². The number of anilines is 1. The molecule has 1 fully saturated rings. The summed E-state index contributed by atoms with van der Waals surface area (Å²) < 4.78 is 20.3. The van der Waals surface area contributed by atoms with Gasteiger partial charge in [-0.2, -0.15) is 0 Å². The summed E-state index contributed by atoms with van der Waals surface area (Å²) in [6, 6.07) is 3.54. The maximum atomic E-state index is 14.9. The number of nitrogens with zero attached hydrogens (tertiary/aromatic N) is 1. The van der Waals surface area contributed by atoms with Gasteiger partial charge in [0.1, 0.15) is 0 Å². The molecule has 0 unspecified atom stereocenters. The van der Waals surface area contributed by atoms with Crippen LogP contribution >= 0.6 is 11.3 Å². The van der Waals surface area contributed by atoms with Gasteiger partial charge in [0.25, 0.3) is 5.91 Å². The highest BCUT2D eigenvalue weighted by Gasteiger charge is 2.32. The SMILES string of the molecule is Cc1ccc(-c2nc(N[C@@H]3CCOC[C@@H]3N)c(F)c3c2C(=O)NC3)s1. The van der Waals surface area contributed by atoms with Gasteiger partial charge >= 0.3 is 0 Å². The Hall–Kier alpha value is -2.03. The van der Waals surface area contributed by atoms with Crippen LogP contribution in [0.5, 0.6) is 0 Å². The predicted molar refractivity (Wildman–Crippen MR) is 94.2 cm³/mol. The molecule has 0 aromatic carbocycles. The molecule has 8 heteroatoms. The van der Waals surface area contributed by atoms with E-state index in [0.717, 1.165) is 9.75 Å². The van der Waals surface area contributed by atoms with E-state index in [2.05, 4.69) is 15.6 Å². The van der Waals surface area contributed by atoms with Gasteiger partial charge in [0, 0.05) is 35.7 Å². The molecule has 2 aromatic heterocycles. The molecule has 2 aliphatic heterocycles. The summed E-state index contributed by atoms with van der Waals surface area (Å²) in [7, 11) is 0. The van der Waals surface area contributed by atoms with Crippen LogP contribution in [0, 0.1) is 12.7 Å². The zero-order valence-electron chi connectivity index (χ0n) is 13.8. The van der Waals surface area contributed by atoms with E-state index in [1.807, 2.05) is 19.1 Å². The van der Waals surface area contributed by atoms with Gasteiger partial charge in [0.15, 0.2) is 11.6 Å². The summed E-state index contributed by atoms with van der Waals surface area (Å²) >= 11 is 1.53. The van der Waals surface area contributed by atoms with Gasteiger partial charge in [-0.1, -0.05) is 0 Å². The first-order valence-electron chi connectivity index (χ1n) is 8.22. The lowest BCUT2D eigenvalue weighted by molar-refractivity contribution is 0.0751. The molecule has 1 amide bonds. The van der Waals surface area contributed by atoms with E-state index in [0.29, 0.717) is 36.5 Å². The Morgan fingerprint density at radius 3 is 3.04 bits per heavy atom. The van der Waals surface area contributed by atoms with Gasteiger partial charge in [0.05, 0.1) is 22.7 Å². The van der Waals surface area contributed by atoms with Gasteiger partial charge in [-0.3, -0.25) is 4.79 Å². The van der Waals surface area contributed by atoms with Crippen LogP contribution in [0.25, 0.3) is 10.6 Å². The molecule has 2 aromatic rings. The average molecular weight is 362 g/mol. The second-order valence-corrected chi connectivity index (χ2v) is 7.64. The lowest BCUT2D eigenvalue weighted by atomic mass is 10.0. The molecule has 0 radical (unpaired) electrons. The summed E-state index contributed by atoms with van der Waals surface area (Å²) in [5.74, 6) is -0.612. The molecule has 0 saturated carbocycles. The summed E-state index contributed by atoms with van der Waals surface area (Å²) in [4.78, 5) is 18.6. The summed E-state index contributed by atoms with van der Waals surface area (Å²) in [6.07, 6.45) is 0.685. The van der Waals surface area contributed by atoms with Gasteiger partial charge in [-0.05, 0) is 25.5 Å². The minimum absolute atomic E-state index is 0.114. The van der Waals surface area contributed by atoms with Crippen LogP contribution < -0.4 is 16.4 Å². The van der Waals surface area contributed by atoms with Crippen LogP contribution in [0.3, 0.4) is 0 Å². The van der Waals surface area contributed by atoms with Crippen LogP contribution in [-0.2, 0) is 11.3 Å². The van der Waals surface area contributed by atoms with Crippen molar-refractivity contribution in [2.75, 3.05) is 18.5 Å². The third-order valence-electron chi connectivity index (χ3n) is 4.58. The number of aryl methyl sites for hydroxylation is 1. The van der Waals surface area contributed by atoms with Crippen molar-refractivity contribution in [1.29, 1.82) is 0 Å². The molecule has 4 rings (SSSR count). The van der Waals surface area contributed by atoms with Crippen molar-refractivity contribution in [3.05, 3.63) is 34.0 Å². The maximum Gasteiger partial charge on any atom is 0.254 e. The number of hydrogen-bond donors (Lipinski definition) is 3. The van der Waals surface area contributed by atoms with Crippen LogP contribution in [0.2, 0.25) is 0 Å². The first kappa shape index (κ1) is 16.4. The Morgan fingerprint density at radius 2 is 2.32 bits per heavy atom. The van der Waals surface area contributed by atoms with Crippen LogP contribution in [0.1, 0.15) is 27.2 Å². The summed E-state index contributed by atoms with van der Waals surface area (Å²) in [5, 5.41) is 5.83. The van der Waals surface area contributed by atoms with Crippen LogP contribution in [-0.4, -0.2) is 36.2 Å². The monoisotopic (exact) mass is 362 g/mol. The molecular formula is C17H19FN4O2S. The molecule has 2 aliphatic rings. The Balaban J connectivity index is 1.79. The second-order valence-electron chi connectivity index (χ2n) is 6.35. The number of thiophene rings is 1. The number of carbonyl (C=O) groups excluding carboxylic acids is 1. The van der Waals surface area contributed by atoms with E-state index in [1.165, 1.54) is 11.3 Å². The predicted octanol–water partition coefficient (Wildman–Crippen LogP) is 2.03. The number of nitrogens with one attached hydrogen (secondary N) is 2. The summed E-state index contributed by atoms with van der Waals surface area (Å²) in [5.41, 5.74) is 7.28. The minimum atomic E-state index is -0.482. The molecule has 2 atom stereocenters. The fourth-order valence-corrected chi connectivity index (χ4v) is 4.09. The van der Waals surface area contributed by atoms with E-state index < -0.39 is 5.82 Å². The van der Waals surface area contributed by atoms with Crippen molar-refractivity contribution in [1.82, 2.24) is 10.3 Å². The van der Waals surface area contributed by atoms with E-state index in [9.17, 15) is 9.18 Å². The first-order chi connectivity index (χ1) is 12.0. The zero-order valence-corrected chi connectivity index (χ0v) is 14.6. The topological polar surface area (TPSA) is 89.3 Å². The number of carbonyl (C=O) groups is 1. The number of pyridine rings is 1. The van der Waals surface area contributed by atoms with Crippen molar-refractivity contribution in [2.45, 2.75) is 32.0 Å². The Kier molecular flexibility index (Phi) is 4.18. The van der Waals surface area contributed by atoms with Gasteiger partial charge in [-0.25, -0.2) is 9.37 Å². The number of nitrogens with two attached hydrogens (primary N) is 1. The van der Waals surface area contributed by atoms with Gasteiger partial charge < -0.3 is 21.1 Å². The molecule has 1 saturated heterocycles. The van der Waals surface area contributed by atoms with Gasteiger partial charge in [-0.15, -0.1) is 11.3 Å². The third kappa shape index (κ3) is 2.90. The van der Waals surface area contributed by atoms with E-state index in [4.69, 9.17) is 10.5 Å². The molecule has 6 nitrogen and oxygen atoms in total. The molecular weight excluding hydrogens is 343 g/mol. The molecule has 25 heavy (non-hydrogen) atoms. The van der Waals surface area contributed by atoms with Crippen LogP contribution in [0.4, 0.5) is 10.2 Å². The number of halogens is 1. The quantitative estimate of drug-likeness (QED) is 0.777. The molecule has 0 aliphatic carbocycles. The minimum Gasteiger partial charge on any atom is -0.380 e. The largest absolute Gasteiger partial charge is 0.380 e. The number of hydrogen-bond acceptors (Lipinski definition) is 6. The molecule has 132 valence electrons. The number of amides is 1. The molecule has 4 heterocycles. The Labute approximate surface area is 148 Å². The Bertz CT molecular complexity index is 838. The maximum absolute atomic E-state index is 14.9. The van der Waals surface area contributed by atoms with Crippen LogP contribution in [0.15, 0.2) is 12.1 Å². The van der Waals surface area contributed by atoms with Crippen molar-refractivity contribution in [3.8, 4) is 10.6 Å². The fourth-order valence-electron chi connectivity index (χ4n) is 3.23.